The summed E-state index contributed by atoms with van der Waals surface area (Å²) in [5, 5.41) is 5.93. The highest BCUT2D eigenvalue weighted by Gasteiger charge is 2.05. The molecule has 0 heterocycles. The minimum Gasteiger partial charge on any atom is -0.494 e. The van der Waals surface area contributed by atoms with Crippen molar-refractivity contribution in [2.45, 2.75) is 19.8 Å². The Kier molecular flexibility index (Phi) is 7.67. The molecule has 0 radical (unpaired) electrons. The van der Waals surface area contributed by atoms with Gasteiger partial charge in [0.15, 0.2) is 0 Å². The topological polar surface area (TPSA) is 70.7 Å². The first-order valence-corrected chi connectivity index (χ1v) is 9.03. The van der Waals surface area contributed by atoms with Gasteiger partial charge in [-0.1, -0.05) is 12.1 Å². The Morgan fingerprint density at radius 1 is 0.963 bits per heavy atom. The summed E-state index contributed by atoms with van der Waals surface area (Å²) in [5.41, 5.74) is 2.68. The Balaban J connectivity index is 1.76. The first-order chi connectivity index (χ1) is 13.0. The Morgan fingerprint density at radius 2 is 1.59 bits per heavy atom. The molecule has 0 aromatic heterocycles. The molecule has 0 fully saturated rings. The summed E-state index contributed by atoms with van der Waals surface area (Å²) in [5.74, 6) is 0.768. The number of hydrogen-bond acceptors (Lipinski definition) is 4. The van der Waals surface area contributed by atoms with E-state index in [2.05, 4.69) is 10.6 Å². The van der Waals surface area contributed by atoms with Crippen LogP contribution in [0.1, 0.15) is 18.9 Å². The van der Waals surface area contributed by atoms with Gasteiger partial charge in [0.2, 0.25) is 11.8 Å². The van der Waals surface area contributed by atoms with Crippen molar-refractivity contribution in [3.8, 4) is 5.75 Å². The lowest BCUT2D eigenvalue weighted by Crippen LogP contribution is -2.22. The minimum absolute atomic E-state index is 0.114. The molecule has 0 aliphatic carbocycles. The number of nitrogens with zero attached hydrogens (tertiary/aromatic N) is 1. The van der Waals surface area contributed by atoms with E-state index in [1.807, 2.05) is 55.5 Å². The number of benzene rings is 2. The van der Waals surface area contributed by atoms with Crippen molar-refractivity contribution < 1.29 is 14.3 Å². The van der Waals surface area contributed by atoms with Crippen molar-refractivity contribution in [1.29, 1.82) is 0 Å². The molecule has 0 aliphatic heterocycles. The van der Waals surface area contributed by atoms with Gasteiger partial charge >= 0.3 is 0 Å². The molecule has 0 saturated carbocycles. The summed E-state index contributed by atoms with van der Waals surface area (Å²) in [6.45, 7) is 2.71. The summed E-state index contributed by atoms with van der Waals surface area (Å²) in [6, 6.07) is 15.0. The van der Waals surface area contributed by atoms with Crippen LogP contribution in [0.4, 0.5) is 11.4 Å². The quantitative estimate of drug-likeness (QED) is 0.712. The van der Waals surface area contributed by atoms with Crippen molar-refractivity contribution in [2.75, 3.05) is 37.9 Å². The SMILES string of the molecule is CCOc1ccc(NC(=O)CNc2ccc(CCC(=O)N(C)C)cc2)cc1. The fraction of sp³-hybridized carbons (Fsp3) is 0.333. The number of ether oxygens (including phenoxy) is 1. The van der Waals surface area contributed by atoms with Gasteiger partial charge in [-0.3, -0.25) is 9.59 Å². The average Bonchev–Trinajstić information content (AvgIpc) is 2.67. The van der Waals surface area contributed by atoms with Crippen LogP contribution in [-0.2, 0) is 16.0 Å². The van der Waals surface area contributed by atoms with Crippen LogP contribution in [0.25, 0.3) is 0 Å². The van der Waals surface area contributed by atoms with Gasteiger partial charge in [0.25, 0.3) is 0 Å². The smallest absolute Gasteiger partial charge is 0.243 e. The monoisotopic (exact) mass is 369 g/mol. The average molecular weight is 369 g/mol. The highest BCUT2D eigenvalue weighted by Crippen LogP contribution is 2.16. The molecule has 6 nitrogen and oxygen atoms in total. The number of aryl methyl sites for hydroxylation is 1. The zero-order valence-electron chi connectivity index (χ0n) is 16.1. The fourth-order valence-electron chi connectivity index (χ4n) is 2.45. The van der Waals surface area contributed by atoms with Crippen LogP contribution in [-0.4, -0.2) is 44.0 Å². The highest BCUT2D eigenvalue weighted by molar-refractivity contribution is 5.93. The van der Waals surface area contributed by atoms with E-state index in [0.717, 1.165) is 22.7 Å². The maximum atomic E-state index is 12.1. The highest BCUT2D eigenvalue weighted by atomic mass is 16.5. The van der Waals surface area contributed by atoms with Crippen molar-refractivity contribution in [3.05, 3.63) is 54.1 Å². The minimum atomic E-state index is -0.125. The molecule has 2 rings (SSSR count). The number of anilines is 2. The van der Waals surface area contributed by atoms with Gasteiger partial charge < -0.3 is 20.3 Å². The van der Waals surface area contributed by atoms with E-state index >= 15 is 0 Å². The van der Waals surface area contributed by atoms with Gasteiger partial charge in [-0.2, -0.15) is 0 Å². The second kappa shape index (κ2) is 10.2. The third kappa shape index (κ3) is 7.01. The molecular formula is C21H27N3O3. The molecule has 0 spiro atoms. The van der Waals surface area contributed by atoms with Gasteiger partial charge in [-0.25, -0.2) is 0 Å². The number of carbonyl (C=O) groups excluding carboxylic acids is 2. The Labute approximate surface area is 160 Å². The van der Waals surface area contributed by atoms with Crippen LogP contribution in [0.2, 0.25) is 0 Å². The molecule has 0 saturated heterocycles. The predicted octanol–water partition coefficient (Wildman–Crippen LogP) is 3.16. The molecule has 2 amide bonds. The Morgan fingerprint density at radius 3 is 2.19 bits per heavy atom. The lowest BCUT2D eigenvalue weighted by Gasteiger charge is -2.11. The largest absolute Gasteiger partial charge is 0.494 e. The molecular weight excluding hydrogens is 342 g/mol. The maximum Gasteiger partial charge on any atom is 0.243 e. The molecule has 2 aromatic rings. The van der Waals surface area contributed by atoms with Crippen molar-refractivity contribution >= 4 is 23.2 Å². The normalized spacial score (nSPS) is 10.2. The Bertz CT molecular complexity index is 740. The van der Waals surface area contributed by atoms with E-state index in [-0.39, 0.29) is 18.4 Å². The van der Waals surface area contributed by atoms with Crippen LogP contribution in [0.3, 0.4) is 0 Å². The van der Waals surface area contributed by atoms with Crippen LogP contribution in [0.15, 0.2) is 48.5 Å². The van der Waals surface area contributed by atoms with E-state index in [1.165, 1.54) is 0 Å². The molecule has 0 aliphatic rings. The number of amides is 2. The zero-order valence-corrected chi connectivity index (χ0v) is 16.1. The van der Waals surface area contributed by atoms with Crippen molar-refractivity contribution in [2.24, 2.45) is 0 Å². The summed E-state index contributed by atoms with van der Waals surface area (Å²) in [6.07, 6.45) is 1.19. The third-order valence-corrected chi connectivity index (χ3v) is 3.98. The first kappa shape index (κ1) is 20.3. The van der Waals surface area contributed by atoms with E-state index in [4.69, 9.17) is 4.74 Å². The van der Waals surface area contributed by atoms with Crippen molar-refractivity contribution in [1.82, 2.24) is 4.90 Å². The molecule has 0 atom stereocenters. The number of carbonyl (C=O) groups is 2. The van der Waals surface area contributed by atoms with Crippen LogP contribution < -0.4 is 15.4 Å². The van der Waals surface area contributed by atoms with E-state index in [9.17, 15) is 9.59 Å². The van der Waals surface area contributed by atoms with Crippen molar-refractivity contribution in [3.63, 3.8) is 0 Å². The second-order valence-electron chi connectivity index (χ2n) is 6.34. The van der Waals surface area contributed by atoms with Crippen LogP contribution in [0, 0.1) is 0 Å². The molecule has 6 heteroatoms. The summed E-state index contributed by atoms with van der Waals surface area (Å²) < 4.78 is 5.38. The summed E-state index contributed by atoms with van der Waals surface area (Å²) >= 11 is 0. The molecule has 144 valence electrons. The van der Waals surface area contributed by atoms with E-state index in [0.29, 0.717) is 19.4 Å². The third-order valence-electron chi connectivity index (χ3n) is 3.98. The molecule has 2 N–H and O–H groups in total. The number of nitrogens with one attached hydrogen (secondary N) is 2. The molecule has 2 aromatic carbocycles. The lowest BCUT2D eigenvalue weighted by molar-refractivity contribution is -0.128. The summed E-state index contributed by atoms with van der Waals surface area (Å²) in [7, 11) is 3.52. The van der Waals surface area contributed by atoms with Gasteiger partial charge in [-0.05, 0) is 55.3 Å². The fourth-order valence-corrected chi connectivity index (χ4v) is 2.45. The van der Waals surface area contributed by atoms with Gasteiger partial charge in [0.05, 0.1) is 13.2 Å². The summed E-state index contributed by atoms with van der Waals surface area (Å²) in [4.78, 5) is 25.3. The van der Waals surface area contributed by atoms with Gasteiger partial charge in [0.1, 0.15) is 5.75 Å². The first-order valence-electron chi connectivity index (χ1n) is 9.03. The van der Waals surface area contributed by atoms with Gasteiger partial charge in [0, 0.05) is 31.9 Å². The molecule has 0 bridgehead atoms. The predicted molar refractivity (Wildman–Crippen MR) is 108 cm³/mol. The van der Waals surface area contributed by atoms with Crippen LogP contribution in [0.5, 0.6) is 5.75 Å². The number of rotatable bonds is 9. The van der Waals surface area contributed by atoms with E-state index < -0.39 is 0 Å². The standard InChI is InChI=1S/C21H27N3O3/c1-4-27-19-12-10-18(11-13-19)23-20(25)15-22-17-8-5-16(6-9-17)7-14-21(26)24(2)3/h5-6,8-13,22H,4,7,14-15H2,1-3H3,(H,23,25). The lowest BCUT2D eigenvalue weighted by atomic mass is 10.1. The zero-order chi connectivity index (χ0) is 19.6. The Hall–Kier alpha value is -3.02. The molecule has 27 heavy (non-hydrogen) atoms. The van der Waals surface area contributed by atoms with Gasteiger partial charge in [-0.15, -0.1) is 0 Å². The second-order valence-corrected chi connectivity index (χ2v) is 6.34. The van der Waals surface area contributed by atoms with E-state index in [1.54, 1.807) is 19.0 Å². The number of hydrogen-bond donors (Lipinski definition) is 2. The molecule has 0 unspecified atom stereocenters. The van der Waals surface area contributed by atoms with Crippen LogP contribution >= 0.6 is 0 Å². The maximum absolute atomic E-state index is 12.1.